The first-order valence-electron chi connectivity index (χ1n) is 7.86. The van der Waals surface area contributed by atoms with E-state index in [2.05, 4.69) is 21.2 Å². The highest BCUT2D eigenvalue weighted by Crippen LogP contribution is 2.53. The fourth-order valence-corrected chi connectivity index (χ4v) is 5.16. The molecule has 0 aliphatic carbocycles. The minimum atomic E-state index is -1.32. The number of carboxylic acid groups (broad SMARTS) is 1. The van der Waals surface area contributed by atoms with Crippen LogP contribution in [0.1, 0.15) is 22.3 Å². The van der Waals surface area contributed by atoms with Crippen LogP contribution in [0.2, 0.25) is 0 Å². The second kappa shape index (κ2) is 6.14. The molecule has 1 saturated heterocycles. The number of halogens is 1. The molecule has 0 saturated carbocycles. The lowest BCUT2D eigenvalue weighted by molar-refractivity contribution is -0.124. The maximum absolute atomic E-state index is 13.0. The SMILES string of the molecule is O=C(O)c1ccccc1N1C(=O)CCSC12C(=O)Nc1ccc(Br)cc12. The monoisotopic (exact) mass is 432 g/mol. The van der Waals surface area contributed by atoms with Crippen molar-refractivity contribution in [3.8, 4) is 0 Å². The van der Waals surface area contributed by atoms with Crippen LogP contribution in [-0.4, -0.2) is 28.6 Å². The maximum Gasteiger partial charge on any atom is 0.337 e. The third-order valence-corrected chi connectivity index (χ3v) is 6.38. The van der Waals surface area contributed by atoms with Crippen molar-refractivity contribution < 1.29 is 19.5 Å². The summed E-state index contributed by atoms with van der Waals surface area (Å²) in [6, 6.07) is 11.6. The van der Waals surface area contributed by atoms with E-state index in [1.807, 2.05) is 6.07 Å². The van der Waals surface area contributed by atoms with E-state index in [4.69, 9.17) is 0 Å². The van der Waals surface area contributed by atoms with E-state index >= 15 is 0 Å². The van der Waals surface area contributed by atoms with Gasteiger partial charge in [0.15, 0.2) is 0 Å². The predicted molar refractivity (Wildman–Crippen MR) is 102 cm³/mol. The van der Waals surface area contributed by atoms with Gasteiger partial charge in [0, 0.05) is 27.9 Å². The molecule has 2 aromatic carbocycles. The number of benzene rings is 2. The Kier molecular flexibility index (Phi) is 4.04. The Morgan fingerprint density at radius 3 is 2.77 bits per heavy atom. The van der Waals surface area contributed by atoms with Gasteiger partial charge in [0.2, 0.25) is 10.8 Å². The Hall–Kier alpha value is -2.32. The number of nitrogens with one attached hydrogen (secondary N) is 1. The van der Waals surface area contributed by atoms with Crippen LogP contribution >= 0.6 is 27.7 Å². The third kappa shape index (κ3) is 2.36. The summed E-state index contributed by atoms with van der Waals surface area (Å²) in [4.78, 5) is 37.7. The first-order valence-corrected chi connectivity index (χ1v) is 9.64. The maximum atomic E-state index is 13.0. The van der Waals surface area contributed by atoms with E-state index in [9.17, 15) is 19.5 Å². The van der Waals surface area contributed by atoms with Gasteiger partial charge in [0.1, 0.15) is 0 Å². The Labute approximate surface area is 161 Å². The van der Waals surface area contributed by atoms with E-state index in [1.165, 1.54) is 22.7 Å². The van der Waals surface area contributed by atoms with Crippen molar-refractivity contribution in [2.45, 2.75) is 11.3 Å². The lowest BCUT2D eigenvalue weighted by atomic mass is 10.0. The molecule has 1 fully saturated rings. The second-order valence-electron chi connectivity index (χ2n) is 5.94. The van der Waals surface area contributed by atoms with Gasteiger partial charge in [-0.1, -0.05) is 28.1 Å². The number of fused-ring (bicyclic) bond motifs is 2. The standard InChI is InChI=1S/C18H13BrN2O4S/c19-10-5-6-13-12(9-10)18(17(25)20-13)21(15(22)7-8-26-18)14-4-2-1-3-11(14)16(23)24/h1-6,9H,7-8H2,(H,20,25)(H,23,24). The van der Waals surface area contributed by atoms with Crippen LogP contribution in [0.3, 0.4) is 0 Å². The molecule has 132 valence electrons. The van der Waals surface area contributed by atoms with Crippen molar-refractivity contribution in [1.29, 1.82) is 0 Å². The summed E-state index contributed by atoms with van der Waals surface area (Å²) in [6.45, 7) is 0. The summed E-state index contributed by atoms with van der Waals surface area (Å²) in [5.41, 5.74) is 1.48. The molecule has 2 aliphatic rings. The molecule has 6 nitrogen and oxygen atoms in total. The number of para-hydroxylation sites is 1. The fraction of sp³-hybridized carbons (Fsp3) is 0.167. The molecule has 0 radical (unpaired) electrons. The quantitative estimate of drug-likeness (QED) is 0.758. The van der Waals surface area contributed by atoms with E-state index in [0.29, 0.717) is 17.0 Å². The number of anilines is 2. The van der Waals surface area contributed by atoms with Gasteiger partial charge < -0.3 is 10.4 Å². The number of carboxylic acids is 1. The molecule has 2 aromatic rings. The van der Waals surface area contributed by atoms with Crippen LogP contribution in [0, 0.1) is 0 Å². The number of aromatic carboxylic acids is 1. The van der Waals surface area contributed by atoms with Crippen molar-refractivity contribution >= 4 is 56.9 Å². The minimum absolute atomic E-state index is 0.0148. The van der Waals surface area contributed by atoms with E-state index < -0.39 is 10.8 Å². The number of nitrogens with zero attached hydrogens (tertiary/aromatic N) is 1. The Morgan fingerprint density at radius 2 is 2.00 bits per heavy atom. The molecule has 1 spiro atoms. The number of carbonyl (C=O) groups is 3. The Morgan fingerprint density at radius 1 is 1.23 bits per heavy atom. The van der Waals surface area contributed by atoms with E-state index in [-0.39, 0.29) is 29.5 Å². The van der Waals surface area contributed by atoms with E-state index in [0.717, 1.165) is 4.47 Å². The topological polar surface area (TPSA) is 86.7 Å². The van der Waals surface area contributed by atoms with Gasteiger partial charge in [-0.05, 0) is 30.3 Å². The molecular formula is C18H13BrN2O4S. The summed E-state index contributed by atoms with van der Waals surface area (Å²) < 4.78 is 0.775. The van der Waals surface area contributed by atoms with Gasteiger partial charge in [-0.3, -0.25) is 14.5 Å². The largest absolute Gasteiger partial charge is 0.478 e. The van der Waals surface area contributed by atoms with Crippen molar-refractivity contribution in [1.82, 2.24) is 0 Å². The third-order valence-electron chi connectivity index (χ3n) is 4.47. The number of carbonyl (C=O) groups excluding carboxylic acids is 2. The molecule has 8 heteroatoms. The minimum Gasteiger partial charge on any atom is -0.478 e. The summed E-state index contributed by atoms with van der Waals surface area (Å²) in [5.74, 6) is -1.29. The normalized spacial score (nSPS) is 21.7. The van der Waals surface area contributed by atoms with Crippen molar-refractivity contribution in [2.24, 2.45) is 0 Å². The highest BCUT2D eigenvalue weighted by molar-refractivity contribution is 9.10. The van der Waals surface area contributed by atoms with Gasteiger partial charge in [0.05, 0.1) is 11.3 Å². The van der Waals surface area contributed by atoms with Crippen molar-refractivity contribution in [3.05, 3.63) is 58.1 Å². The Balaban J connectivity index is 1.99. The zero-order valence-corrected chi connectivity index (χ0v) is 15.8. The van der Waals surface area contributed by atoms with Gasteiger partial charge in [0.25, 0.3) is 5.91 Å². The molecular weight excluding hydrogens is 420 g/mol. The highest BCUT2D eigenvalue weighted by Gasteiger charge is 2.56. The first kappa shape index (κ1) is 17.1. The van der Waals surface area contributed by atoms with Gasteiger partial charge in [-0.2, -0.15) is 0 Å². The molecule has 2 aliphatic heterocycles. The molecule has 1 atom stereocenters. The Bertz CT molecular complexity index is 964. The van der Waals surface area contributed by atoms with Gasteiger partial charge >= 0.3 is 5.97 Å². The number of hydrogen-bond donors (Lipinski definition) is 2. The van der Waals surface area contributed by atoms with Crippen LogP contribution in [0.5, 0.6) is 0 Å². The predicted octanol–water partition coefficient (Wildman–Crippen LogP) is 3.42. The molecule has 2 heterocycles. The highest BCUT2D eigenvalue weighted by atomic mass is 79.9. The molecule has 2 amide bonds. The number of thioether (sulfide) groups is 1. The van der Waals surface area contributed by atoms with Crippen LogP contribution < -0.4 is 10.2 Å². The average molecular weight is 433 g/mol. The zero-order chi connectivity index (χ0) is 18.5. The number of hydrogen-bond acceptors (Lipinski definition) is 4. The van der Waals surface area contributed by atoms with Crippen molar-refractivity contribution in [3.63, 3.8) is 0 Å². The summed E-state index contributed by atoms with van der Waals surface area (Å²) in [5, 5.41) is 12.4. The van der Waals surface area contributed by atoms with Crippen LogP contribution in [0.25, 0.3) is 0 Å². The summed E-state index contributed by atoms with van der Waals surface area (Å²) in [6.07, 6.45) is 0.233. The van der Waals surface area contributed by atoms with Crippen LogP contribution in [0.4, 0.5) is 11.4 Å². The van der Waals surface area contributed by atoms with Crippen molar-refractivity contribution in [2.75, 3.05) is 16.0 Å². The van der Waals surface area contributed by atoms with E-state index in [1.54, 1.807) is 30.3 Å². The first-order chi connectivity index (χ1) is 12.4. The molecule has 0 aromatic heterocycles. The molecule has 1 unspecified atom stereocenters. The fourth-order valence-electron chi connectivity index (χ4n) is 3.39. The van der Waals surface area contributed by atoms with Gasteiger partial charge in [-0.15, -0.1) is 11.8 Å². The summed E-state index contributed by atoms with van der Waals surface area (Å²) in [7, 11) is 0. The lowest BCUT2D eigenvalue weighted by Gasteiger charge is -2.42. The molecule has 2 N–H and O–H groups in total. The number of rotatable bonds is 2. The summed E-state index contributed by atoms with van der Waals surface area (Å²) >= 11 is 4.76. The van der Waals surface area contributed by atoms with Gasteiger partial charge in [-0.25, -0.2) is 4.79 Å². The zero-order valence-electron chi connectivity index (χ0n) is 13.4. The molecule has 0 bridgehead atoms. The molecule has 26 heavy (non-hydrogen) atoms. The average Bonchev–Trinajstić information content (AvgIpc) is 2.87. The lowest BCUT2D eigenvalue weighted by Crippen LogP contribution is -2.55. The smallest absolute Gasteiger partial charge is 0.337 e. The van der Waals surface area contributed by atoms with Crippen LogP contribution in [-0.2, 0) is 14.5 Å². The molecule has 4 rings (SSSR count). The second-order valence-corrected chi connectivity index (χ2v) is 8.14. The van der Waals surface area contributed by atoms with Crippen LogP contribution in [0.15, 0.2) is 46.9 Å². The number of amides is 2.